The van der Waals surface area contributed by atoms with E-state index < -0.39 is 6.10 Å². The Morgan fingerprint density at radius 3 is 2.40 bits per heavy atom. The van der Waals surface area contributed by atoms with Crippen LogP contribution in [0.25, 0.3) is 10.8 Å². The number of hydrogen-bond donors (Lipinski definition) is 1. The smallest absolute Gasteiger partial charge is 0.265 e. The summed E-state index contributed by atoms with van der Waals surface area (Å²) in [4.78, 5) is 12.7. The molecule has 0 saturated carbocycles. The first kappa shape index (κ1) is 17.0. The van der Waals surface area contributed by atoms with Crippen molar-refractivity contribution in [3.63, 3.8) is 0 Å². The van der Waals surface area contributed by atoms with Crippen molar-refractivity contribution in [3.05, 3.63) is 71.8 Å². The van der Waals surface area contributed by atoms with Crippen LogP contribution in [-0.2, 0) is 4.79 Å². The largest absolute Gasteiger partial charge is 0.481 e. The third-order valence-electron chi connectivity index (χ3n) is 4.18. The van der Waals surface area contributed by atoms with E-state index in [4.69, 9.17) is 4.74 Å². The number of fused-ring (bicyclic) bond motifs is 1. The predicted octanol–water partition coefficient (Wildman–Crippen LogP) is 5.25. The molecule has 0 bridgehead atoms. The maximum Gasteiger partial charge on any atom is 0.265 e. The van der Waals surface area contributed by atoms with Gasteiger partial charge in [-0.05, 0) is 55.0 Å². The molecule has 0 saturated heterocycles. The normalized spacial score (nSPS) is 12.0. The van der Waals surface area contributed by atoms with Gasteiger partial charge in [0.1, 0.15) is 5.75 Å². The fourth-order valence-corrected chi connectivity index (χ4v) is 3.04. The number of carbonyl (C=O) groups is 1. The van der Waals surface area contributed by atoms with Gasteiger partial charge in [0.05, 0.1) is 0 Å². The Morgan fingerprint density at radius 1 is 1.00 bits per heavy atom. The summed E-state index contributed by atoms with van der Waals surface area (Å²) in [6.45, 7) is 6.00. The van der Waals surface area contributed by atoms with Gasteiger partial charge in [-0.2, -0.15) is 0 Å². The van der Waals surface area contributed by atoms with Gasteiger partial charge in [-0.25, -0.2) is 0 Å². The molecule has 0 spiro atoms. The SMILES string of the molecule is CCC(Oc1cc(C)cc(C)c1)C(=O)Nc1cccc2ccccc12. The molecular weight excluding hydrogens is 310 g/mol. The highest BCUT2D eigenvalue weighted by molar-refractivity contribution is 6.03. The number of aryl methyl sites for hydroxylation is 2. The van der Waals surface area contributed by atoms with Gasteiger partial charge < -0.3 is 10.1 Å². The first-order valence-corrected chi connectivity index (χ1v) is 8.60. The monoisotopic (exact) mass is 333 g/mol. The van der Waals surface area contributed by atoms with Crippen molar-refractivity contribution in [2.24, 2.45) is 0 Å². The van der Waals surface area contributed by atoms with Crippen LogP contribution in [0.2, 0.25) is 0 Å². The van der Waals surface area contributed by atoms with E-state index in [1.165, 1.54) is 0 Å². The van der Waals surface area contributed by atoms with Crippen molar-refractivity contribution >= 4 is 22.4 Å². The van der Waals surface area contributed by atoms with Crippen LogP contribution < -0.4 is 10.1 Å². The molecule has 0 aromatic heterocycles. The summed E-state index contributed by atoms with van der Waals surface area (Å²) >= 11 is 0. The Balaban J connectivity index is 1.80. The Morgan fingerprint density at radius 2 is 1.68 bits per heavy atom. The number of ether oxygens (including phenoxy) is 1. The minimum atomic E-state index is -0.528. The number of hydrogen-bond acceptors (Lipinski definition) is 2. The van der Waals surface area contributed by atoms with Crippen LogP contribution in [0.1, 0.15) is 24.5 Å². The van der Waals surface area contributed by atoms with Crippen LogP contribution in [0.3, 0.4) is 0 Å². The van der Waals surface area contributed by atoms with E-state index >= 15 is 0 Å². The fourth-order valence-electron chi connectivity index (χ4n) is 3.04. The Hall–Kier alpha value is -2.81. The topological polar surface area (TPSA) is 38.3 Å². The summed E-state index contributed by atoms with van der Waals surface area (Å²) in [5, 5.41) is 5.15. The van der Waals surface area contributed by atoms with Crippen molar-refractivity contribution in [2.75, 3.05) is 5.32 Å². The molecule has 3 rings (SSSR count). The van der Waals surface area contributed by atoms with E-state index in [2.05, 4.69) is 11.4 Å². The molecule has 1 N–H and O–H groups in total. The molecule has 3 aromatic rings. The molecule has 1 unspecified atom stereocenters. The van der Waals surface area contributed by atoms with Crippen molar-refractivity contribution in [1.82, 2.24) is 0 Å². The van der Waals surface area contributed by atoms with E-state index in [1.807, 2.05) is 75.4 Å². The highest BCUT2D eigenvalue weighted by atomic mass is 16.5. The zero-order chi connectivity index (χ0) is 17.8. The summed E-state index contributed by atoms with van der Waals surface area (Å²) in [5.41, 5.74) is 3.06. The quantitative estimate of drug-likeness (QED) is 0.692. The molecule has 0 aliphatic rings. The number of nitrogens with one attached hydrogen (secondary N) is 1. The van der Waals surface area contributed by atoms with Crippen LogP contribution >= 0.6 is 0 Å². The van der Waals surface area contributed by atoms with Gasteiger partial charge in [-0.3, -0.25) is 4.79 Å². The number of amides is 1. The summed E-state index contributed by atoms with van der Waals surface area (Å²) in [6.07, 6.45) is 0.0732. The zero-order valence-corrected chi connectivity index (χ0v) is 14.9. The highest BCUT2D eigenvalue weighted by Gasteiger charge is 2.19. The number of anilines is 1. The van der Waals surface area contributed by atoms with E-state index in [9.17, 15) is 4.79 Å². The Kier molecular flexibility index (Phi) is 5.03. The van der Waals surface area contributed by atoms with Crippen LogP contribution in [0.4, 0.5) is 5.69 Å². The van der Waals surface area contributed by atoms with E-state index in [0.29, 0.717) is 6.42 Å². The molecule has 128 valence electrons. The summed E-state index contributed by atoms with van der Waals surface area (Å²) in [6, 6.07) is 19.9. The van der Waals surface area contributed by atoms with Gasteiger partial charge >= 0.3 is 0 Å². The van der Waals surface area contributed by atoms with Crippen molar-refractivity contribution < 1.29 is 9.53 Å². The number of benzene rings is 3. The van der Waals surface area contributed by atoms with E-state index in [0.717, 1.165) is 33.3 Å². The Bertz CT molecular complexity index is 876. The van der Waals surface area contributed by atoms with Crippen LogP contribution in [-0.4, -0.2) is 12.0 Å². The van der Waals surface area contributed by atoms with Gasteiger partial charge in [0, 0.05) is 11.1 Å². The third kappa shape index (κ3) is 4.00. The lowest BCUT2D eigenvalue weighted by Gasteiger charge is -2.18. The van der Waals surface area contributed by atoms with Crippen LogP contribution in [0, 0.1) is 13.8 Å². The average molecular weight is 333 g/mol. The van der Waals surface area contributed by atoms with Crippen molar-refractivity contribution in [3.8, 4) is 5.75 Å². The lowest BCUT2D eigenvalue weighted by atomic mass is 10.1. The number of rotatable bonds is 5. The van der Waals surface area contributed by atoms with Gasteiger partial charge in [0.15, 0.2) is 6.10 Å². The van der Waals surface area contributed by atoms with Gasteiger partial charge in [-0.1, -0.05) is 49.4 Å². The average Bonchev–Trinajstić information content (AvgIpc) is 2.59. The lowest BCUT2D eigenvalue weighted by Crippen LogP contribution is -2.32. The highest BCUT2D eigenvalue weighted by Crippen LogP contribution is 2.24. The standard InChI is InChI=1S/C22H23NO2/c1-4-21(25-18-13-15(2)12-16(3)14-18)22(24)23-20-11-7-9-17-8-5-6-10-19(17)20/h5-14,21H,4H2,1-3H3,(H,23,24). The maximum atomic E-state index is 12.7. The molecule has 25 heavy (non-hydrogen) atoms. The Labute approximate surface area is 148 Å². The molecular formula is C22H23NO2. The first-order valence-electron chi connectivity index (χ1n) is 8.60. The molecule has 0 heterocycles. The molecule has 1 atom stereocenters. The molecule has 0 fully saturated rings. The molecule has 0 aliphatic carbocycles. The summed E-state index contributed by atoms with van der Waals surface area (Å²) in [7, 11) is 0. The minimum absolute atomic E-state index is 0.127. The lowest BCUT2D eigenvalue weighted by molar-refractivity contribution is -0.122. The van der Waals surface area contributed by atoms with E-state index in [-0.39, 0.29) is 5.91 Å². The van der Waals surface area contributed by atoms with Gasteiger partial charge in [0.2, 0.25) is 0 Å². The second-order valence-corrected chi connectivity index (χ2v) is 6.35. The van der Waals surface area contributed by atoms with E-state index in [1.54, 1.807) is 0 Å². The third-order valence-corrected chi connectivity index (χ3v) is 4.18. The fraction of sp³-hybridized carbons (Fsp3) is 0.227. The van der Waals surface area contributed by atoms with Crippen molar-refractivity contribution in [1.29, 1.82) is 0 Å². The second kappa shape index (κ2) is 7.39. The van der Waals surface area contributed by atoms with Gasteiger partial charge in [0.25, 0.3) is 5.91 Å². The first-order chi connectivity index (χ1) is 12.1. The summed E-state index contributed by atoms with van der Waals surface area (Å²) < 4.78 is 5.96. The minimum Gasteiger partial charge on any atom is -0.481 e. The molecule has 1 amide bonds. The molecule has 0 aliphatic heterocycles. The molecule has 0 radical (unpaired) electrons. The van der Waals surface area contributed by atoms with Crippen LogP contribution in [0.15, 0.2) is 60.7 Å². The molecule has 3 heteroatoms. The molecule has 3 aromatic carbocycles. The second-order valence-electron chi connectivity index (χ2n) is 6.35. The summed E-state index contributed by atoms with van der Waals surface area (Å²) in [5.74, 6) is 0.607. The van der Waals surface area contributed by atoms with Crippen LogP contribution in [0.5, 0.6) is 5.75 Å². The predicted molar refractivity (Wildman–Crippen MR) is 103 cm³/mol. The zero-order valence-electron chi connectivity index (χ0n) is 14.9. The van der Waals surface area contributed by atoms with Gasteiger partial charge in [-0.15, -0.1) is 0 Å². The molecule has 3 nitrogen and oxygen atoms in total. The maximum absolute atomic E-state index is 12.7. The number of carbonyl (C=O) groups excluding carboxylic acids is 1. The van der Waals surface area contributed by atoms with Crippen molar-refractivity contribution in [2.45, 2.75) is 33.3 Å².